The maximum atomic E-state index is 12.6. The van der Waals surface area contributed by atoms with Crippen LogP contribution in [0, 0.1) is 0 Å². The van der Waals surface area contributed by atoms with E-state index < -0.39 is 24.3 Å². The zero-order chi connectivity index (χ0) is 19.4. The number of amides is 1. The average Bonchev–Trinajstić information content (AvgIpc) is 3.11. The Morgan fingerprint density at radius 1 is 1.30 bits per heavy atom. The second-order valence-electron chi connectivity index (χ2n) is 5.54. The number of halogens is 3. The van der Waals surface area contributed by atoms with Crippen molar-refractivity contribution in [2.24, 2.45) is 0 Å². The van der Waals surface area contributed by atoms with Crippen molar-refractivity contribution in [3.63, 3.8) is 0 Å². The number of alkyl halides is 3. The molecule has 27 heavy (non-hydrogen) atoms. The number of hydrogen-bond acceptors (Lipinski definition) is 5. The van der Waals surface area contributed by atoms with Crippen molar-refractivity contribution in [2.45, 2.75) is 12.7 Å². The summed E-state index contributed by atoms with van der Waals surface area (Å²) in [6.07, 6.45) is -3.07. The van der Waals surface area contributed by atoms with Crippen LogP contribution >= 0.6 is 11.3 Å². The maximum Gasteiger partial charge on any atom is 0.416 e. The van der Waals surface area contributed by atoms with Gasteiger partial charge in [-0.1, -0.05) is 6.07 Å². The van der Waals surface area contributed by atoms with Crippen LogP contribution in [0.3, 0.4) is 0 Å². The van der Waals surface area contributed by atoms with E-state index in [0.717, 1.165) is 12.1 Å². The number of nitrogens with zero attached hydrogens (tertiary/aromatic N) is 2. The molecule has 1 amide bonds. The molecule has 0 saturated heterocycles. The Kier molecular flexibility index (Phi) is 5.45. The fourth-order valence-corrected chi connectivity index (χ4v) is 3.11. The largest absolute Gasteiger partial charge is 0.484 e. The minimum Gasteiger partial charge on any atom is -0.484 e. The van der Waals surface area contributed by atoms with Gasteiger partial charge in [-0.2, -0.15) is 13.2 Å². The molecule has 3 rings (SSSR count). The molecule has 0 spiro atoms. The summed E-state index contributed by atoms with van der Waals surface area (Å²) in [4.78, 5) is 28.1. The number of nitrogens with one attached hydrogen (secondary N) is 1. The number of benzene rings is 1. The molecule has 0 aliphatic heterocycles. The number of carbonyl (C=O) groups is 1. The van der Waals surface area contributed by atoms with Gasteiger partial charge in [-0.05, 0) is 29.6 Å². The van der Waals surface area contributed by atoms with Crippen LogP contribution in [0.4, 0.5) is 13.2 Å². The molecule has 2 heterocycles. The predicted molar refractivity (Wildman–Crippen MR) is 93.8 cm³/mol. The van der Waals surface area contributed by atoms with Crippen LogP contribution in [0.5, 0.6) is 5.75 Å². The number of carbonyl (C=O) groups excluding carboxylic acids is 1. The number of rotatable bonds is 6. The topological polar surface area (TPSA) is 73.2 Å². The SMILES string of the molecule is O=C(COc1cccc(C(F)(F)F)c1)NCCn1cnc2ccsc2c1=O. The van der Waals surface area contributed by atoms with E-state index in [9.17, 15) is 22.8 Å². The van der Waals surface area contributed by atoms with E-state index in [1.54, 1.807) is 11.4 Å². The van der Waals surface area contributed by atoms with Gasteiger partial charge in [0.05, 0.1) is 17.4 Å². The number of fused-ring (bicyclic) bond motifs is 1. The minimum atomic E-state index is -4.48. The van der Waals surface area contributed by atoms with Gasteiger partial charge in [-0.25, -0.2) is 4.98 Å². The summed E-state index contributed by atoms with van der Waals surface area (Å²) in [6.45, 7) is -0.0589. The highest BCUT2D eigenvalue weighted by molar-refractivity contribution is 7.17. The van der Waals surface area contributed by atoms with Gasteiger partial charge in [-0.3, -0.25) is 14.2 Å². The third kappa shape index (κ3) is 4.64. The smallest absolute Gasteiger partial charge is 0.416 e. The van der Waals surface area contributed by atoms with Crippen LogP contribution in [0.1, 0.15) is 5.56 Å². The summed E-state index contributed by atoms with van der Waals surface area (Å²) >= 11 is 1.29. The Morgan fingerprint density at radius 3 is 2.89 bits per heavy atom. The van der Waals surface area contributed by atoms with Gasteiger partial charge in [0.15, 0.2) is 6.61 Å². The Bertz CT molecular complexity index is 1010. The van der Waals surface area contributed by atoms with Gasteiger partial charge in [0, 0.05) is 13.1 Å². The first-order valence-electron chi connectivity index (χ1n) is 7.84. The summed E-state index contributed by atoms with van der Waals surface area (Å²) in [6, 6.07) is 6.04. The second-order valence-corrected chi connectivity index (χ2v) is 6.46. The Labute approximate surface area is 155 Å². The zero-order valence-electron chi connectivity index (χ0n) is 13.8. The van der Waals surface area contributed by atoms with Crippen molar-refractivity contribution < 1.29 is 22.7 Å². The molecule has 0 saturated carbocycles. The second kappa shape index (κ2) is 7.78. The lowest BCUT2D eigenvalue weighted by molar-refractivity contribution is -0.137. The fourth-order valence-electron chi connectivity index (χ4n) is 2.32. The third-order valence-corrected chi connectivity index (χ3v) is 4.53. The molecule has 2 aromatic heterocycles. The van der Waals surface area contributed by atoms with Gasteiger partial charge in [0.2, 0.25) is 0 Å². The highest BCUT2D eigenvalue weighted by atomic mass is 32.1. The normalized spacial score (nSPS) is 11.5. The van der Waals surface area contributed by atoms with Crippen LogP contribution in [-0.4, -0.2) is 28.6 Å². The minimum absolute atomic E-state index is 0.0523. The van der Waals surface area contributed by atoms with Crippen molar-refractivity contribution in [1.82, 2.24) is 14.9 Å². The summed E-state index contributed by atoms with van der Waals surface area (Å²) in [5, 5.41) is 4.32. The summed E-state index contributed by atoms with van der Waals surface area (Å²) < 4.78 is 44.9. The molecule has 0 atom stereocenters. The molecule has 0 aliphatic carbocycles. The van der Waals surface area contributed by atoms with E-state index in [1.165, 1.54) is 34.4 Å². The van der Waals surface area contributed by atoms with E-state index in [0.29, 0.717) is 10.2 Å². The van der Waals surface area contributed by atoms with Crippen molar-refractivity contribution in [3.8, 4) is 5.75 Å². The van der Waals surface area contributed by atoms with Crippen molar-refractivity contribution in [2.75, 3.05) is 13.2 Å². The summed E-state index contributed by atoms with van der Waals surface area (Å²) in [5.41, 5.74) is -0.416. The summed E-state index contributed by atoms with van der Waals surface area (Å²) in [5.74, 6) is -0.561. The average molecular weight is 397 g/mol. The number of ether oxygens (including phenoxy) is 1. The first kappa shape index (κ1) is 18.9. The van der Waals surface area contributed by atoms with Crippen molar-refractivity contribution in [1.29, 1.82) is 0 Å². The lowest BCUT2D eigenvalue weighted by Gasteiger charge is -2.11. The third-order valence-electron chi connectivity index (χ3n) is 3.64. The van der Waals surface area contributed by atoms with E-state index in [1.807, 2.05) is 0 Å². The van der Waals surface area contributed by atoms with Gasteiger partial charge in [-0.15, -0.1) is 11.3 Å². The van der Waals surface area contributed by atoms with E-state index >= 15 is 0 Å². The Hall–Kier alpha value is -2.88. The van der Waals surface area contributed by atoms with E-state index in [4.69, 9.17) is 4.74 Å². The predicted octanol–water partition coefficient (Wildman–Crippen LogP) is 2.67. The van der Waals surface area contributed by atoms with Gasteiger partial charge < -0.3 is 10.1 Å². The monoisotopic (exact) mass is 397 g/mol. The number of thiophene rings is 1. The first-order chi connectivity index (χ1) is 12.8. The molecule has 1 aromatic carbocycles. The lowest BCUT2D eigenvalue weighted by Crippen LogP contribution is -2.33. The van der Waals surface area contributed by atoms with Crippen LogP contribution < -0.4 is 15.6 Å². The molecule has 0 fully saturated rings. The van der Waals surface area contributed by atoms with Crippen LogP contribution in [-0.2, 0) is 17.5 Å². The molecule has 6 nitrogen and oxygen atoms in total. The quantitative estimate of drug-likeness (QED) is 0.694. The fraction of sp³-hybridized carbons (Fsp3) is 0.235. The highest BCUT2D eigenvalue weighted by Gasteiger charge is 2.30. The lowest BCUT2D eigenvalue weighted by atomic mass is 10.2. The molecule has 10 heteroatoms. The molecular formula is C17H14F3N3O3S. The van der Waals surface area contributed by atoms with Crippen molar-refractivity contribution >= 4 is 27.5 Å². The van der Waals surface area contributed by atoms with Gasteiger partial charge in [0.25, 0.3) is 11.5 Å². The van der Waals surface area contributed by atoms with Crippen LogP contribution in [0.25, 0.3) is 10.2 Å². The van der Waals surface area contributed by atoms with Gasteiger partial charge >= 0.3 is 6.18 Å². The first-order valence-corrected chi connectivity index (χ1v) is 8.72. The molecule has 142 valence electrons. The highest BCUT2D eigenvalue weighted by Crippen LogP contribution is 2.31. The number of aromatic nitrogens is 2. The molecule has 0 unspecified atom stereocenters. The Morgan fingerprint density at radius 2 is 2.11 bits per heavy atom. The molecule has 0 radical (unpaired) electrons. The molecule has 0 aliphatic rings. The Balaban J connectivity index is 1.50. The summed E-state index contributed by atoms with van der Waals surface area (Å²) in [7, 11) is 0. The van der Waals surface area contributed by atoms with E-state index in [-0.39, 0.29) is 24.4 Å². The van der Waals surface area contributed by atoms with Gasteiger partial charge in [0.1, 0.15) is 10.4 Å². The van der Waals surface area contributed by atoms with Crippen LogP contribution in [0.15, 0.2) is 46.8 Å². The molecular weight excluding hydrogens is 383 g/mol. The van der Waals surface area contributed by atoms with E-state index in [2.05, 4.69) is 10.3 Å². The number of hydrogen-bond donors (Lipinski definition) is 1. The van der Waals surface area contributed by atoms with Crippen molar-refractivity contribution in [3.05, 3.63) is 58.0 Å². The maximum absolute atomic E-state index is 12.6. The molecule has 1 N–H and O–H groups in total. The molecule has 0 bridgehead atoms. The zero-order valence-corrected chi connectivity index (χ0v) is 14.6. The standard InChI is InChI=1S/C17H14F3N3O3S/c18-17(19,20)11-2-1-3-12(8-11)26-9-14(24)21-5-6-23-10-22-13-4-7-27-15(13)16(23)25/h1-4,7-8,10H,5-6,9H2,(H,21,24). The molecule has 3 aromatic rings. The van der Waals surface area contributed by atoms with Crippen LogP contribution in [0.2, 0.25) is 0 Å².